The lowest BCUT2D eigenvalue weighted by Crippen LogP contribution is -2.50. The molecule has 5 nitrogen and oxygen atoms in total. The van der Waals surface area contributed by atoms with Crippen LogP contribution >= 0.6 is 27.3 Å². The van der Waals surface area contributed by atoms with Crippen LogP contribution in [-0.2, 0) is 10.0 Å². The molecule has 1 saturated heterocycles. The molecule has 140 valence electrons. The predicted molar refractivity (Wildman–Crippen MR) is 103 cm³/mol. The van der Waals surface area contributed by atoms with Crippen molar-refractivity contribution in [2.24, 2.45) is 0 Å². The van der Waals surface area contributed by atoms with Gasteiger partial charge in [-0.15, -0.1) is 11.3 Å². The van der Waals surface area contributed by atoms with E-state index in [0.29, 0.717) is 9.37 Å². The fourth-order valence-corrected chi connectivity index (χ4v) is 6.41. The molecule has 1 aliphatic rings. The molecular weight excluding hydrogens is 443 g/mol. The number of rotatable bonds is 3. The van der Waals surface area contributed by atoms with Gasteiger partial charge in [-0.25, -0.2) is 12.8 Å². The van der Waals surface area contributed by atoms with Crippen LogP contribution in [0.3, 0.4) is 0 Å². The first-order valence-corrected chi connectivity index (χ1v) is 11.1. The molecule has 9 heteroatoms. The molecule has 0 saturated carbocycles. The topological polar surface area (TPSA) is 57.7 Å². The number of nitrogens with zero attached hydrogens (tertiary/aromatic N) is 2. The molecule has 2 heterocycles. The molecule has 1 aromatic heterocycles. The first-order chi connectivity index (χ1) is 12.2. The van der Waals surface area contributed by atoms with E-state index in [9.17, 15) is 17.6 Å². The van der Waals surface area contributed by atoms with Crippen LogP contribution in [0.5, 0.6) is 0 Å². The van der Waals surface area contributed by atoms with E-state index in [2.05, 4.69) is 15.9 Å². The highest BCUT2D eigenvalue weighted by Gasteiger charge is 2.32. The van der Waals surface area contributed by atoms with E-state index in [1.54, 1.807) is 24.0 Å². The predicted octanol–water partition coefficient (Wildman–Crippen LogP) is 3.41. The molecule has 1 aromatic carbocycles. The number of hydrogen-bond acceptors (Lipinski definition) is 4. The standard InChI is InChI=1S/C17H18BrFN2O3S2/c1-11-7-16(12(2)25-11)26(23,24)21-5-3-20(4-6-21)17(22)13-8-14(18)10-15(19)9-13/h7-10H,3-6H2,1-2H3. The second kappa shape index (κ2) is 7.38. The van der Waals surface area contributed by atoms with Gasteiger partial charge in [0.1, 0.15) is 5.82 Å². The highest BCUT2D eigenvalue weighted by Crippen LogP contribution is 2.28. The van der Waals surface area contributed by atoms with Gasteiger partial charge < -0.3 is 4.90 Å². The molecule has 0 spiro atoms. The lowest BCUT2D eigenvalue weighted by Gasteiger charge is -2.34. The zero-order valence-corrected chi connectivity index (χ0v) is 17.5. The highest BCUT2D eigenvalue weighted by molar-refractivity contribution is 9.10. The monoisotopic (exact) mass is 460 g/mol. The molecule has 0 unspecified atom stereocenters. The van der Waals surface area contributed by atoms with Crippen LogP contribution in [-0.4, -0.2) is 49.7 Å². The molecule has 3 rings (SSSR count). The van der Waals surface area contributed by atoms with Crippen LogP contribution in [0.15, 0.2) is 33.6 Å². The van der Waals surface area contributed by atoms with Crippen LogP contribution in [0.25, 0.3) is 0 Å². The number of aryl methyl sites for hydroxylation is 2. The smallest absolute Gasteiger partial charge is 0.254 e. The average molecular weight is 461 g/mol. The Morgan fingerprint density at radius 2 is 1.77 bits per heavy atom. The van der Waals surface area contributed by atoms with Gasteiger partial charge in [-0.2, -0.15) is 4.31 Å². The Morgan fingerprint density at radius 1 is 1.12 bits per heavy atom. The van der Waals surface area contributed by atoms with Crippen molar-refractivity contribution >= 4 is 43.2 Å². The van der Waals surface area contributed by atoms with E-state index < -0.39 is 15.8 Å². The van der Waals surface area contributed by atoms with Crippen LogP contribution in [0.2, 0.25) is 0 Å². The molecule has 1 amide bonds. The number of carbonyl (C=O) groups is 1. The van der Waals surface area contributed by atoms with Crippen molar-refractivity contribution in [1.29, 1.82) is 0 Å². The normalized spacial score (nSPS) is 16.1. The quantitative estimate of drug-likeness (QED) is 0.704. The highest BCUT2D eigenvalue weighted by atomic mass is 79.9. The third-order valence-electron chi connectivity index (χ3n) is 4.25. The number of hydrogen-bond donors (Lipinski definition) is 0. The summed E-state index contributed by atoms with van der Waals surface area (Å²) in [7, 11) is -3.56. The van der Waals surface area contributed by atoms with E-state index in [4.69, 9.17) is 0 Å². The Kier molecular flexibility index (Phi) is 5.53. The van der Waals surface area contributed by atoms with Crippen LogP contribution in [0, 0.1) is 19.7 Å². The summed E-state index contributed by atoms with van der Waals surface area (Å²) >= 11 is 4.63. The van der Waals surface area contributed by atoms with Crippen molar-refractivity contribution in [1.82, 2.24) is 9.21 Å². The second-order valence-electron chi connectivity index (χ2n) is 6.13. The molecule has 0 aliphatic carbocycles. The zero-order valence-electron chi connectivity index (χ0n) is 14.3. The van der Waals surface area contributed by atoms with Gasteiger partial charge in [0.25, 0.3) is 5.91 Å². The Labute approximate surface area is 164 Å². The minimum atomic E-state index is -3.56. The van der Waals surface area contributed by atoms with Crippen LogP contribution in [0.4, 0.5) is 4.39 Å². The molecule has 0 atom stereocenters. The first-order valence-electron chi connectivity index (χ1n) is 8.01. The van der Waals surface area contributed by atoms with E-state index in [1.165, 1.54) is 27.8 Å². The van der Waals surface area contributed by atoms with Gasteiger partial charge in [-0.05, 0) is 38.1 Å². The Hall–Kier alpha value is -1.29. The van der Waals surface area contributed by atoms with Crippen molar-refractivity contribution in [3.05, 3.63) is 49.9 Å². The van der Waals surface area contributed by atoms with Crippen molar-refractivity contribution < 1.29 is 17.6 Å². The third-order valence-corrected chi connectivity index (χ3v) is 7.83. The van der Waals surface area contributed by atoms with Gasteiger partial charge in [-0.1, -0.05) is 15.9 Å². The zero-order chi connectivity index (χ0) is 19.1. The van der Waals surface area contributed by atoms with Gasteiger partial charge in [0, 0.05) is 46.0 Å². The number of halogens is 2. The molecule has 1 fully saturated rings. The average Bonchev–Trinajstić information content (AvgIpc) is 2.92. The Balaban J connectivity index is 1.73. The summed E-state index contributed by atoms with van der Waals surface area (Å²) in [4.78, 5) is 16.2. The van der Waals surface area contributed by atoms with Crippen molar-refractivity contribution in [3.63, 3.8) is 0 Å². The number of sulfonamides is 1. The maximum atomic E-state index is 13.5. The van der Waals surface area contributed by atoms with Crippen LogP contribution in [0.1, 0.15) is 20.1 Å². The van der Waals surface area contributed by atoms with Gasteiger partial charge in [0.15, 0.2) is 0 Å². The summed E-state index contributed by atoms with van der Waals surface area (Å²) in [6.07, 6.45) is 0. The lowest BCUT2D eigenvalue weighted by molar-refractivity contribution is 0.0697. The Bertz CT molecular complexity index is 931. The van der Waals surface area contributed by atoms with E-state index in [-0.39, 0.29) is 37.6 Å². The van der Waals surface area contributed by atoms with Crippen LogP contribution < -0.4 is 0 Å². The maximum Gasteiger partial charge on any atom is 0.254 e. The van der Waals surface area contributed by atoms with Gasteiger partial charge in [-0.3, -0.25) is 4.79 Å². The summed E-state index contributed by atoms with van der Waals surface area (Å²) in [5.74, 6) is -0.794. The fraction of sp³-hybridized carbons (Fsp3) is 0.353. The molecule has 26 heavy (non-hydrogen) atoms. The minimum Gasteiger partial charge on any atom is -0.336 e. The number of carbonyl (C=O) groups excluding carboxylic acids is 1. The third kappa shape index (κ3) is 3.85. The number of piperazine rings is 1. The van der Waals surface area contributed by atoms with E-state index >= 15 is 0 Å². The summed E-state index contributed by atoms with van der Waals surface area (Å²) in [5.41, 5.74) is 0.248. The van der Waals surface area contributed by atoms with Gasteiger partial charge in [0.2, 0.25) is 10.0 Å². The van der Waals surface area contributed by atoms with E-state index in [0.717, 1.165) is 9.75 Å². The molecule has 1 aliphatic heterocycles. The summed E-state index contributed by atoms with van der Waals surface area (Å²) in [6.45, 7) is 4.66. The van der Waals surface area contributed by atoms with Gasteiger partial charge in [0.05, 0.1) is 4.90 Å². The minimum absolute atomic E-state index is 0.221. The maximum absolute atomic E-state index is 13.5. The number of amides is 1. The molecular formula is C17H18BrFN2O3S2. The van der Waals surface area contributed by atoms with E-state index in [1.807, 2.05) is 6.92 Å². The second-order valence-corrected chi connectivity index (χ2v) is 10.4. The fourth-order valence-electron chi connectivity index (χ4n) is 2.99. The van der Waals surface area contributed by atoms with Crippen molar-refractivity contribution in [3.8, 4) is 0 Å². The SMILES string of the molecule is Cc1cc(S(=O)(=O)N2CCN(C(=O)c3cc(F)cc(Br)c3)CC2)c(C)s1. The largest absolute Gasteiger partial charge is 0.336 e. The number of thiophene rings is 1. The summed E-state index contributed by atoms with van der Waals surface area (Å²) in [6, 6.07) is 5.73. The Morgan fingerprint density at radius 3 is 2.31 bits per heavy atom. The number of benzene rings is 1. The summed E-state index contributed by atoms with van der Waals surface area (Å²) < 4.78 is 41.1. The first kappa shape index (κ1) is 19.5. The molecule has 0 radical (unpaired) electrons. The molecule has 0 N–H and O–H groups in total. The lowest BCUT2D eigenvalue weighted by atomic mass is 10.2. The van der Waals surface area contributed by atoms with Crippen molar-refractivity contribution in [2.45, 2.75) is 18.7 Å². The molecule has 0 bridgehead atoms. The van der Waals surface area contributed by atoms with Gasteiger partial charge >= 0.3 is 0 Å². The molecule has 2 aromatic rings. The summed E-state index contributed by atoms with van der Waals surface area (Å²) in [5, 5.41) is 0. The van der Waals surface area contributed by atoms with Crippen molar-refractivity contribution in [2.75, 3.05) is 26.2 Å².